The second kappa shape index (κ2) is 9.44. The Morgan fingerprint density at radius 1 is 1.08 bits per heavy atom. The van der Waals surface area contributed by atoms with Crippen LogP contribution in [0.2, 0.25) is 0 Å². The maximum absolute atomic E-state index is 13.9. The molecule has 6 rings (SSSR count). The summed E-state index contributed by atoms with van der Waals surface area (Å²) < 4.78 is 15.0. The molecule has 38 heavy (non-hydrogen) atoms. The van der Waals surface area contributed by atoms with Crippen LogP contribution in [0.15, 0.2) is 34.4 Å². The van der Waals surface area contributed by atoms with E-state index in [9.17, 15) is 9.59 Å². The SMILES string of the molecule is Cc1ccc(-n2nc(-c3c(C)nc4scc(CC(=O)N5CCC6(CC5)OCCO6)n4c3=O)cc2C)c(C)c1. The number of aromatic nitrogens is 4. The summed E-state index contributed by atoms with van der Waals surface area (Å²) in [5.74, 6) is -0.542. The molecule has 2 aliphatic heterocycles. The average molecular weight is 534 g/mol. The predicted octanol–water partition coefficient (Wildman–Crippen LogP) is 3.75. The zero-order valence-electron chi connectivity index (χ0n) is 22.1. The van der Waals surface area contributed by atoms with Crippen LogP contribution >= 0.6 is 11.3 Å². The Morgan fingerprint density at radius 3 is 2.53 bits per heavy atom. The summed E-state index contributed by atoms with van der Waals surface area (Å²) in [4.78, 5) is 34.2. The second-order valence-electron chi connectivity index (χ2n) is 10.3. The summed E-state index contributed by atoms with van der Waals surface area (Å²) >= 11 is 1.37. The highest BCUT2D eigenvalue weighted by molar-refractivity contribution is 7.15. The predicted molar refractivity (Wildman–Crippen MR) is 145 cm³/mol. The van der Waals surface area contributed by atoms with Gasteiger partial charge in [0.05, 0.1) is 36.6 Å². The Bertz CT molecular complexity index is 1600. The van der Waals surface area contributed by atoms with E-state index in [0.29, 0.717) is 66.8 Å². The normalized spacial score (nSPS) is 17.1. The number of carbonyl (C=O) groups excluding carboxylic acids is 1. The molecule has 0 aliphatic carbocycles. The number of amides is 1. The molecule has 0 unspecified atom stereocenters. The molecule has 2 saturated heterocycles. The Hall–Kier alpha value is -3.34. The summed E-state index contributed by atoms with van der Waals surface area (Å²) in [7, 11) is 0. The van der Waals surface area contributed by atoms with Crippen molar-refractivity contribution in [2.75, 3.05) is 26.3 Å². The van der Waals surface area contributed by atoms with Crippen LogP contribution in [0.5, 0.6) is 0 Å². The first-order valence-electron chi connectivity index (χ1n) is 12.9. The Morgan fingerprint density at radius 2 is 1.82 bits per heavy atom. The molecule has 198 valence electrons. The van der Waals surface area contributed by atoms with E-state index in [1.54, 1.807) is 4.40 Å². The number of piperidine rings is 1. The van der Waals surface area contributed by atoms with Crippen LogP contribution in [0.1, 0.15) is 41.1 Å². The smallest absolute Gasteiger partial charge is 0.268 e. The van der Waals surface area contributed by atoms with E-state index in [1.807, 2.05) is 40.9 Å². The van der Waals surface area contributed by atoms with E-state index in [-0.39, 0.29) is 17.9 Å². The maximum Gasteiger partial charge on any atom is 0.268 e. The summed E-state index contributed by atoms with van der Waals surface area (Å²) in [6.45, 7) is 10.3. The molecule has 3 aromatic heterocycles. The number of fused-ring (bicyclic) bond motifs is 1. The van der Waals surface area contributed by atoms with E-state index in [0.717, 1.165) is 16.9 Å². The van der Waals surface area contributed by atoms with Crippen molar-refractivity contribution in [2.45, 2.75) is 52.7 Å². The Balaban J connectivity index is 1.31. The number of benzene rings is 1. The van der Waals surface area contributed by atoms with E-state index >= 15 is 0 Å². The van der Waals surface area contributed by atoms with Crippen molar-refractivity contribution in [3.05, 3.63) is 68.2 Å². The van der Waals surface area contributed by atoms with Crippen LogP contribution < -0.4 is 5.56 Å². The number of likely N-dealkylation sites (tertiary alicyclic amines) is 1. The zero-order chi connectivity index (χ0) is 26.6. The third-order valence-corrected chi connectivity index (χ3v) is 8.44. The number of hydrogen-bond acceptors (Lipinski definition) is 7. The standard InChI is InChI=1S/C28H31N5O4S/c1-17-5-6-23(18(2)13-17)33-19(3)14-22(30-33)25-20(4)29-27-32(26(25)35)21(16-38-27)15-24(34)31-9-7-28(8-10-31)36-11-12-37-28/h5-6,13-14,16H,7-12,15H2,1-4H3. The number of carbonyl (C=O) groups is 1. The van der Waals surface area contributed by atoms with E-state index < -0.39 is 5.79 Å². The molecule has 10 heteroatoms. The molecule has 0 radical (unpaired) electrons. The van der Waals surface area contributed by atoms with Gasteiger partial charge in [0.25, 0.3) is 5.56 Å². The van der Waals surface area contributed by atoms with Gasteiger partial charge in [0.2, 0.25) is 5.91 Å². The Labute approximate surface area is 224 Å². The van der Waals surface area contributed by atoms with Gasteiger partial charge in [-0.2, -0.15) is 5.10 Å². The summed E-state index contributed by atoms with van der Waals surface area (Å²) in [5.41, 5.74) is 6.30. The minimum Gasteiger partial charge on any atom is -0.347 e. The fourth-order valence-corrected chi connectivity index (χ4v) is 6.48. The van der Waals surface area contributed by atoms with Gasteiger partial charge < -0.3 is 14.4 Å². The van der Waals surface area contributed by atoms with Crippen molar-refractivity contribution in [1.82, 2.24) is 24.1 Å². The highest BCUT2D eigenvalue weighted by atomic mass is 32.1. The second-order valence-corrected chi connectivity index (χ2v) is 11.1. The fourth-order valence-electron chi connectivity index (χ4n) is 5.56. The molecule has 0 atom stereocenters. The third kappa shape index (κ3) is 4.26. The maximum atomic E-state index is 13.9. The Kier molecular flexibility index (Phi) is 6.20. The largest absolute Gasteiger partial charge is 0.347 e. The van der Waals surface area contributed by atoms with Crippen LogP contribution in [0.4, 0.5) is 0 Å². The van der Waals surface area contributed by atoms with Crippen LogP contribution in [-0.4, -0.2) is 62.1 Å². The monoisotopic (exact) mass is 533 g/mol. The highest BCUT2D eigenvalue weighted by Crippen LogP contribution is 2.31. The van der Waals surface area contributed by atoms with Crippen molar-refractivity contribution < 1.29 is 14.3 Å². The van der Waals surface area contributed by atoms with Crippen molar-refractivity contribution in [2.24, 2.45) is 0 Å². The van der Waals surface area contributed by atoms with Gasteiger partial charge in [-0.1, -0.05) is 17.7 Å². The van der Waals surface area contributed by atoms with Crippen LogP contribution in [0.3, 0.4) is 0 Å². The molecular weight excluding hydrogens is 502 g/mol. The van der Waals surface area contributed by atoms with Crippen molar-refractivity contribution >= 4 is 22.2 Å². The minimum atomic E-state index is -0.530. The average Bonchev–Trinajstić information content (AvgIpc) is 3.59. The lowest BCUT2D eigenvalue weighted by Gasteiger charge is -2.37. The van der Waals surface area contributed by atoms with Gasteiger partial charge in [-0.3, -0.25) is 14.0 Å². The zero-order valence-corrected chi connectivity index (χ0v) is 22.9. The first-order chi connectivity index (χ1) is 18.2. The molecule has 0 bridgehead atoms. The molecule has 0 N–H and O–H groups in total. The molecule has 2 aliphatic rings. The van der Waals surface area contributed by atoms with E-state index in [1.165, 1.54) is 16.9 Å². The fraction of sp³-hybridized carbons (Fsp3) is 0.429. The minimum absolute atomic E-state index is 0.0125. The quantitative estimate of drug-likeness (QED) is 0.397. The molecule has 1 amide bonds. The van der Waals surface area contributed by atoms with Crippen molar-refractivity contribution in [1.29, 1.82) is 0 Å². The van der Waals surface area contributed by atoms with E-state index in [2.05, 4.69) is 26.0 Å². The molecule has 9 nitrogen and oxygen atoms in total. The van der Waals surface area contributed by atoms with Gasteiger partial charge in [-0.05, 0) is 45.4 Å². The number of rotatable bonds is 4. The van der Waals surface area contributed by atoms with Gasteiger partial charge in [-0.15, -0.1) is 11.3 Å². The first-order valence-corrected chi connectivity index (χ1v) is 13.8. The number of ether oxygens (including phenoxy) is 2. The van der Waals surface area contributed by atoms with Crippen LogP contribution in [-0.2, 0) is 20.7 Å². The number of nitrogens with zero attached hydrogens (tertiary/aromatic N) is 5. The third-order valence-electron chi connectivity index (χ3n) is 7.57. The van der Waals surface area contributed by atoms with Crippen LogP contribution in [0, 0.1) is 27.7 Å². The number of thiazole rings is 1. The molecule has 0 saturated carbocycles. The molecule has 1 aromatic carbocycles. The van der Waals surface area contributed by atoms with Crippen molar-refractivity contribution in [3.8, 4) is 16.9 Å². The summed E-state index contributed by atoms with van der Waals surface area (Å²) in [6, 6.07) is 8.15. The molecule has 4 aromatic rings. The van der Waals surface area contributed by atoms with Crippen LogP contribution in [0.25, 0.3) is 21.9 Å². The lowest BCUT2D eigenvalue weighted by Crippen LogP contribution is -2.47. The topological polar surface area (TPSA) is 91.0 Å². The van der Waals surface area contributed by atoms with Gasteiger partial charge in [0.15, 0.2) is 10.7 Å². The van der Waals surface area contributed by atoms with Gasteiger partial charge >= 0.3 is 0 Å². The summed E-state index contributed by atoms with van der Waals surface area (Å²) in [6.07, 6.45) is 1.46. The lowest BCUT2D eigenvalue weighted by molar-refractivity contribution is -0.187. The molecular formula is C28H31N5O4S. The number of hydrogen-bond donors (Lipinski definition) is 0. The molecule has 5 heterocycles. The van der Waals surface area contributed by atoms with E-state index in [4.69, 9.17) is 19.6 Å². The molecule has 1 spiro atoms. The van der Waals surface area contributed by atoms with Gasteiger partial charge in [-0.25, -0.2) is 9.67 Å². The molecule has 2 fully saturated rings. The lowest BCUT2D eigenvalue weighted by atomic mass is 10.0. The summed E-state index contributed by atoms with van der Waals surface area (Å²) in [5, 5.41) is 6.68. The van der Waals surface area contributed by atoms with Crippen molar-refractivity contribution in [3.63, 3.8) is 0 Å². The highest BCUT2D eigenvalue weighted by Gasteiger charge is 2.40. The van der Waals surface area contributed by atoms with Gasteiger partial charge in [0, 0.05) is 42.7 Å². The first kappa shape index (κ1) is 25.0. The van der Waals surface area contributed by atoms with Gasteiger partial charge in [0.1, 0.15) is 5.69 Å². The number of aryl methyl sites for hydroxylation is 4.